The summed E-state index contributed by atoms with van der Waals surface area (Å²) in [7, 11) is 0. The average molecular weight is 367 g/mol. The predicted molar refractivity (Wildman–Crippen MR) is 93.1 cm³/mol. The van der Waals surface area contributed by atoms with Gasteiger partial charge in [-0.25, -0.2) is 9.89 Å². The second kappa shape index (κ2) is 7.23. The molecule has 1 aliphatic rings. The highest BCUT2D eigenvalue weighted by molar-refractivity contribution is 6.34. The van der Waals surface area contributed by atoms with Gasteiger partial charge in [-0.3, -0.25) is 9.36 Å². The van der Waals surface area contributed by atoms with E-state index in [4.69, 9.17) is 23.2 Å². The van der Waals surface area contributed by atoms with Crippen LogP contribution in [0.15, 0.2) is 34.9 Å². The van der Waals surface area contributed by atoms with E-state index in [2.05, 4.69) is 10.2 Å². The molecule has 0 aliphatic carbocycles. The highest BCUT2D eigenvalue weighted by atomic mass is 35.5. The van der Waals surface area contributed by atoms with Gasteiger partial charge in [0.2, 0.25) is 5.91 Å². The Hall–Kier alpha value is -2.05. The largest absolute Gasteiger partial charge is 0.343 e. The SMILES string of the molecule is O=C(Cn1cn[nH]c1=O)N1CCC(=Cc2cc(Cl)ccc2Cl)CC1. The molecule has 1 aromatic heterocycles. The van der Waals surface area contributed by atoms with Crippen LogP contribution in [0.5, 0.6) is 0 Å². The molecule has 0 atom stereocenters. The fraction of sp³-hybridized carbons (Fsp3) is 0.312. The quantitative estimate of drug-likeness (QED) is 0.907. The standard InChI is InChI=1S/C16H16Cl2N4O2/c17-13-1-2-14(18)12(8-13)7-11-3-5-21(6-4-11)15(23)9-22-10-19-20-16(22)24/h1-2,7-8,10H,3-6,9H2,(H,20,24). The predicted octanol–water partition coefficient (Wildman–Crippen LogP) is 2.58. The number of amides is 1. The summed E-state index contributed by atoms with van der Waals surface area (Å²) in [4.78, 5) is 25.4. The summed E-state index contributed by atoms with van der Waals surface area (Å²) in [6.07, 6.45) is 4.91. The van der Waals surface area contributed by atoms with Crippen LogP contribution >= 0.6 is 23.2 Å². The Morgan fingerprint density at radius 1 is 1.29 bits per heavy atom. The second-order valence-electron chi connectivity index (χ2n) is 5.64. The number of hydrogen-bond donors (Lipinski definition) is 1. The molecule has 1 aromatic carbocycles. The number of carbonyl (C=O) groups excluding carboxylic acids is 1. The molecule has 24 heavy (non-hydrogen) atoms. The molecule has 0 unspecified atom stereocenters. The lowest BCUT2D eigenvalue weighted by Crippen LogP contribution is -2.39. The van der Waals surface area contributed by atoms with Crippen molar-refractivity contribution >= 4 is 35.2 Å². The molecule has 8 heteroatoms. The van der Waals surface area contributed by atoms with Gasteiger partial charge in [-0.05, 0) is 36.6 Å². The van der Waals surface area contributed by atoms with Crippen LogP contribution in [-0.4, -0.2) is 38.7 Å². The van der Waals surface area contributed by atoms with E-state index in [0.29, 0.717) is 23.1 Å². The molecule has 1 N–H and O–H groups in total. The number of benzene rings is 1. The number of likely N-dealkylation sites (tertiary alicyclic amines) is 1. The van der Waals surface area contributed by atoms with Crippen molar-refractivity contribution in [2.45, 2.75) is 19.4 Å². The molecule has 3 rings (SSSR count). The van der Waals surface area contributed by atoms with Crippen LogP contribution in [0.4, 0.5) is 0 Å². The van der Waals surface area contributed by atoms with Gasteiger partial charge in [0, 0.05) is 23.1 Å². The number of aromatic nitrogens is 3. The Labute approximate surface area is 148 Å². The number of H-pyrrole nitrogens is 1. The van der Waals surface area contributed by atoms with Gasteiger partial charge in [0.05, 0.1) is 0 Å². The number of piperidine rings is 1. The normalized spacial score (nSPS) is 14.8. The van der Waals surface area contributed by atoms with Crippen LogP contribution in [0, 0.1) is 0 Å². The molecule has 0 radical (unpaired) electrons. The van der Waals surface area contributed by atoms with E-state index >= 15 is 0 Å². The molecule has 1 fully saturated rings. The first-order chi connectivity index (χ1) is 11.5. The third kappa shape index (κ3) is 3.88. The van der Waals surface area contributed by atoms with E-state index < -0.39 is 0 Å². The monoisotopic (exact) mass is 366 g/mol. The summed E-state index contributed by atoms with van der Waals surface area (Å²) >= 11 is 12.2. The molecule has 6 nitrogen and oxygen atoms in total. The molecule has 1 saturated heterocycles. The lowest BCUT2D eigenvalue weighted by atomic mass is 10.0. The van der Waals surface area contributed by atoms with E-state index in [1.54, 1.807) is 17.0 Å². The molecule has 126 valence electrons. The fourth-order valence-electron chi connectivity index (χ4n) is 2.66. The van der Waals surface area contributed by atoms with Crippen molar-refractivity contribution in [2.24, 2.45) is 0 Å². The first-order valence-electron chi connectivity index (χ1n) is 7.55. The van der Waals surface area contributed by atoms with Crippen molar-refractivity contribution < 1.29 is 4.79 Å². The van der Waals surface area contributed by atoms with E-state index in [-0.39, 0.29) is 18.1 Å². The molecule has 1 amide bonds. The molecule has 0 bridgehead atoms. The van der Waals surface area contributed by atoms with Gasteiger partial charge in [-0.2, -0.15) is 5.10 Å². The summed E-state index contributed by atoms with van der Waals surface area (Å²) in [6, 6.07) is 5.36. The van der Waals surface area contributed by atoms with Crippen molar-refractivity contribution in [3.8, 4) is 0 Å². The van der Waals surface area contributed by atoms with Gasteiger partial charge in [0.1, 0.15) is 12.9 Å². The van der Waals surface area contributed by atoms with Gasteiger partial charge < -0.3 is 4.90 Å². The molecular formula is C16H16Cl2N4O2. The lowest BCUT2D eigenvalue weighted by molar-refractivity contribution is -0.132. The van der Waals surface area contributed by atoms with Crippen LogP contribution < -0.4 is 5.69 Å². The molecule has 2 heterocycles. The number of carbonyl (C=O) groups is 1. The highest BCUT2D eigenvalue weighted by Crippen LogP contribution is 2.26. The molecule has 2 aromatic rings. The molecular weight excluding hydrogens is 351 g/mol. The van der Waals surface area contributed by atoms with Gasteiger partial charge in [0.25, 0.3) is 0 Å². The zero-order valence-electron chi connectivity index (χ0n) is 12.8. The minimum absolute atomic E-state index is 0.00843. The first kappa shape index (κ1) is 16.8. The van der Waals surface area contributed by atoms with E-state index in [0.717, 1.165) is 18.4 Å². The zero-order chi connectivity index (χ0) is 17.1. The molecule has 0 saturated carbocycles. The van der Waals surface area contributed by atoms with Crippen molar-refractivity contribution in [1.29, 1.82) is 0 Å². The topological polar surface area (TPSA) is 71.0 Å². The third-order valence-electron chi connectivity index (χ3n) is 4.00. The van der Waals surface area contributed by atoms with Crippen LogP contribution in [0.25, 0.3) is 6.08 Å². The number of halogens is 2. The first-order valence-corrected chi connectivity index (χ1v) is 8.30. The Balaban J connectivity index is 1.62. The van der Waals surface area contributed by atoms with Crippen molar-refractivity contribution in [2.75, 3.05) is 13.1 Å². The maximum absolute atomic E-state index is 12.2. The van der Waals surface area contributed by atoms with Crippen LogP contribution in [0.3, 0.4) is 0 Å². The Morgan fingerprint density at radius 3 is 2.71 bits per heavy atom. The maximum Gasteiger partial charge on any atom is 0.343 e. The van der Waals surface area contributed by atoms with Gasteiger partial charge in [0.15, 0.2) is 0 Å². The number of nitrogens with zero attached hydrogens (tertiary/aromatic N) is 3. The molecule has 0 spiro atoms. The number of hydrogen-bond acceptors (Lipinski definition) is 3. The van der Waals surface area contributed by atoms with Gasteiger partial charge >= 0.3 is 5.69 Å². The average Bonchev–Trinajstić information content (AvgIpc) is 2.96. The van der Waals surface area contributed by atoms with Crippen LogP contribution in [-0.2, 0) is 11.3 Å². The van der Waals surface area contributed by atoms with Crippen LogP contribution in [0.2, 0.25) is 10.0 Å². The summed E-state index contributed by atoms with van der Waals surface area (Å²) < 4.78 is 1.26. The minimum atomic E-state index is -0.378. The van der Waals surface area contributed by atoms with Crippen LogP contribution in [0.1, 0.15) is 18.4 Å². The third-order valence-corrected chi connectivity index (χ3v) is 4.58. The zero-order valence-corrected chi connectivity index (χ0v) is 14.3. The fourth-order valence-corrected chi connectivity index (χ4v) is 3.01. The Morgan fingerprint density at radius 2 is 2.04 bits per heavy atom. The minimum Gasteiger partial charge on any atom is -0.341 e. The maximum atomic E-state index is 12.2. The summed E-state index contributed by atoms with van der Waals surface area (Å²) in [6.45, 7) is 1.25. The Kier molecular flexibility index (Phi) is 5.06. The summed E-state index contributed by atoms with van der Waals surface area (Å²) in [5.41, 5.74) is 1.74. The number of rotatable bonds is 3. The lowest BCUT2D eigenvalue weighted by Gasteiger charge is -2.28. The summed E-state index contributed by atoms with van der Waals surface area (Å²) in [5, 5.41) is 7.19. The Bertz CT molecular complexity index is 831. The van der Waals surface area contributed by atoms with Crippen molar-refractivity contribution in [1.82, 2.24) is 19.7 Å². The summed E-state index contributed by atoms with van der Waals surface area (Å²) in [5.74, 6) is -0.0849. The van der Waals surface area contributed by atoms with Crippen molar-refractivity contribution in [3.63, 3.8) is 0 Å². The van der Waals surface area contributed by atoms with E-state index in [1.807, 2.05) is 12.1 Å². The number of aromatic amines is 1. The van der Waals surface area contributed by atoms with Crippen molar-refractivity contribution in [3.05, 3.63) is 56.2 Å². The van der Waals surface area contributed by atoms with Gasteiger partial charge in [-0.15, -0.1) is 0 Å². The molecule has 1 aliphatic heterocycles. The number of nitrogens with one attached hydrogen (secondary N) is 1. The van der Waals surface area contributed by atoms with E-state index in [9.17, 15) is 9.59 Å². The van der Waals surface area contributed by atoms with Gasteiger partial charge in [-0.1, -0.05) is 34.9 Å². The smallest absolute Gasteiger partial charge is 0.341 e. The second-order valence-corrected chi connectivity index (χ2v) is 6.48. The highest BCUT2D eigenvalue weighted by Gasteiger charge is 2.20. The van der Waals surface area contributed by atoms with E-state index in [1.165, 1.54) is 16.5 Å².